The van der Waals surface area contributed by atoms with Gasteiger partial charge >= 0.3 is 0 Å². The van der Waals surface area contributed by atoms with Gasteiger partial charge in [0.15, 0.2) is 0 Å². The van der Waals surface area contributed by atoms with Crippen LogP contribution < -0.4 is 5.32 Å². The Hall–Kier alpha value is -0.570. The zero-order valence-electron chi connectivity index (χ0n) is 12.5. The third kappa shape index (κ3) is 11.9. The Balaban J connectivity index is 3.35. The van der Waals surface area contributed by atoms with Gasteiger partial charge in [0.05, 0.1) is 6.10 Å². The fraction of sp³-hybridized carbons (Fsp3) is 0.933. The molecule has 0 saturated heterocycles. The molecule has 1 N–H and O–H groups in total. The number of ether oxygens (including phenoxy) is 1. The Bertz CT molecular complexity index is 195. The molecule has 1 amide bonds. The molecule has 0 radical (unpaired) electrons. The molecular weight excluding hydrogens is 226 g/mol. The van der Waals surface area contributed by atoms with Crippen LogP contribution in [0.3, 0.4) is 0 Å². The van der Waals surface area contributed by atoms with Crippen molar-refractivity contribution < 1.29 is 9.53 Å². The van der Waals surface area contributed by atoms with Crippen molar-refractivity contribution in [3.8, 4) is 0 Å². The topological polar surface area (TPSA) is 38.3 Å². The largest absolute Gasteiger partial charge is 0.369 e. The maximum atomic E-state index is 11.5. The van der Waals surface area contributed by atoms with Gasteiger partial charge in [0, 0.05) is 6.54 Å². The van der Waals surface area contributed by atoms with Crippen LogP contribution in [0.15, 0.2) is 0 Å². The Morgan fingerprint density at radius 1 is 1.06 bits per heavy atom. The second kappa shape index (κ2) is 12.9. The van der Waals surface area contributed by atoms with Gasteiger partial charge in [-0.15, -0.1) is 0 Å². The molecular formula is C15H31NO2. The summed E-state index contributed by atoms with van der Waals surface area (Å²) in [5.74, 6) is 0.0199. The van der Waals surface area contributed by atoms with Crippen LogP contribution in [0.5, 0.6) is 0 Å². The van der Waals surface area contributed by atoms with Crippen LogP contribution in [-0.4, -0.2) is 25.2 Å². The highest BCUT2D eigenvalue weighted by Crippen LogP contribution is 2.07. The summed E-state index contributed by atoms with van der Waals surface area (Å²) in [6.07, 6.45) is 9.71. The smallest absolute Gasteiger partial charge is 0.246 e. The van der Waals surface area contributed by atoms with E-state index < -0.39 is 0 Å². The molecule has 0 aliphatic heterocycles. The third-order valence-corrected chi connectivity index (χ3v) is 3.07. The summed E-state index contributed by atoms with van der Waals surface area (Å²) in [5, 5.41) is 2.89. The molecule has 0 aromatic carbocycles. The predicted octanol–water partition coefficient (Wildman–Crippen LogP) is 3.67. The highest BCUT2D eigenvalue weighted by molar-refractivity contribution is 5.77. The summed E-state index contributed by atoms with van der Waals surface area (Å²) < 4.78 is 5.53. The summed E-state index contributed by atoms with van der Waals surface area (Å²) >= 11 is 0. The first-order chi connectivity index (χ1) is 8.70. The molecule has 1 atom stereocenters. The molecule has 108 valence electrons. The molecule has 0 aliphatic rings. The lowest BCUT2D eigenvalue weighted by Gasteiger charge is -2.12. The molecule has 0 bridgehead atoms. The van der Waals surface area contributed by atoms with Crippen molar-refractivity contribution in [2.24, 2.45) is 0 Å². The zero-order chi connectivity index (χ0) is 13.6. The van der Waals surface area contributed by atoms with Crippen LogP contribution in [0, 0.1) is 0 Å². The number of amides is 1. The first-order valence-electron chi connectivity index (χ1n) is 7.59. The van der Waals surface area contributed by atoms with Gasteiger partial charge in [-0.25, -0.2) is 0 Å². The fourth-order valence-corrected chi connectivity index (χ4v) is 1.81. The summed E-state index contributed by atoms with van der Waals surface area (Å²) in [7, 11) is 0. The predicted molar refractivity (Wildman–Crippen MR) is 76.7 cm³/mol. The van der Waals surface area contributed by atoms with Gasteiger partial charge < -0.3 is 10.1 Å². The van der Waals surface area contributed by atoms with Crippen molar-refractivity contribution in [1.82, 2.24) is 5.32 Å². The van der Waals surface area contributed by atoms with Crippen LogP contribution in [0.25, 0.3) is 0 Å². The van der Waals surface area contributed by atoms with E-state index in [1.807, 2.05) is 0 Å². The molecule has 0 fully saturated rings. The van der Waals surface area contributed by atoms with Crippen LogP contribution in [0.4, 0.5) is 0 Å². The highest BCUT2D eigenvalue weighted by Gasteiger charge is 2.06. The van der Waals surface area contributed by atoms with E-state index in [1.54, 1.807) is 0 Å². The maximum Gasteiger partial charge on any atom is 0.246 e. The first kappa shape index (κ1) is 17.4. The second-order valence-corrected chi connectivity index (χ2v) is 5.03. The van der Waals surface area contributed by atoms with Gasteiger partial charge in [0.2, 0.25) is 5.91 Å². The monoisotopic (exact) mass is 257 g/mol. The number of rotatable bonds is 12. The number of unbranched alkanes of at least 4 members (excludes halogenated alkanes) is 5. The van der Waals surface area contributed by atoms with Crippen molar-refractivity contribution in [2.45, 2.75) is 78.2 Å². The van der Waals surface area contributed by atoms with Crippen molar-refractivity contribution in [2.75, 3.05) is 13.2 Å². The number of carbonyl (C=O) groups is 1. The van der Waals surface area contributed by atoms with E-state index in [-0.39, 0.29) is 18.6 Å². The maximum absolute atomic E-state index is 11.5. The SMILES string of the molecule is CCCCCCC(C)OCC(=O)NCCCCC. The number of hydrogen-bond acceptors (Lipinski definition) is 2. The number of carbonyl (C=O) groups excluding carboxylic acids is 1. The summed E-state index contributed by atoms with van der Waals surface area (Å²) in [4.78, 5) is 11.5. The van der Waals surface area contributed by atoms with Gasteiger partial charge in [-0.05, 0) is 19.8 Å². The first-order valence-corrected chi connectivity index (χ1v) is 7.59. The van der Waals surface area contributed by atoms with Gasteiger partial charge in [-0.3, -0.25) is 4.79 Å². The Morgan fingerprint density at radius 3 is 2.39 bits per heavy atom. The molecule has 18 heavy (non-hydrogen) atoms. The molecule has 0 rings (SSSR count). The summed E-state index contributed by atoms with van der Waals surface area (Å²) in [6, 6.07) is 0. The van der Waals surface area contributed by atoms with Crippen molar-refractivity contribution >= 4 is 5.91 Å². The third-order valence-electron chi connectivity index (χ3n) is 3.07. The summed E-state index contributed by atoms with van der Waals surface area (Å²) in [6.45, 7) is 7.41. The molecule has 0 spiro atoms. The van der Waals surface area contributed by atoms with Gasteiger partial charge in [-0.1, -0.05) is 52.4 Å². The van der Waals surface area contributed by atoms with Crippen LogP contribution in [0.2, 0.25) is 0 Å². The number of hydrogen-bond donors (Lipinski definition) is 1. The zero-order valence-corrected chi connectivity index (χ0v) is 12.5. The van der Waals surface area contributed by atoms with Gasteiger partial charge in [0.25, 0.3) is 0 Å². The van der Waals surface area contributed by atoms with E-state index in [1.165, 1.54) is 38.5 Å². The second-order valence-electron chi connectivity index (χ2n) is 5.03. The van der Waals surface area contributed by atoms with E-state index >= 15 is 0 Å². The minimum Gasteiger partial charge on any atom is -0.369 e. The fourth-order valence-electron chi connectivity index (χ4n) is 1.81. The normalized spacial score (nSPS) is 12.4. The lowest BCUT2D eigenvalue weighted by Crippen LogP contribution is -2.30. The van der Waals surface area contributed by atoms with E-state index in [2.05, 4.69) is 26.1 Å². The van der Waals surface area contributed by atoms with Gasteiger partial charge in [0.1, 0.15) is 6.61 Å². The standard InChI is InChI=1S/C15H31NO2/c1-4-6-8-9-11-14(3)18-13-15(17)16-12-10-7-5-2/h14H,4-13H2,1-3H3,(H,16,17). The van der Waals surface area contributed by atoms with Crippen molar-refractivity contribution in [3.63, 3.8) is 0 Å². The molecule has 0 aromatic heterocycles. The average molecular weight is 257 g/mol. The Morgan fingerprint density at radius 2 is 1.72 bits per heavy atom. The van der Waals surface area contributed by atoms with Gasteiger partial charge in [-0.2, -0.15) is 0 Å². The minimum absolute atomic E-state index is 0.0199. The van der Waals surface area contributed by atoms with E-state index in [0.717, 1.165) is 19.4 Å². The van der Waals surface area contributed by atoms with Crippen LogP contribution in [-0.2, 0) is 9.53 Å². The molecule has 3 nitrogen and oxygen atoms in total. The summed E-state index contributed by atoms with van der Waals surface area (Å²) in [5.41, 5.74) is 0. The molecule has 1 unspecified atom stereocenters. The van der Waals surface area contributed by atoms with Crippen molar-refractivity contribution in [3.05, 3.63) is 0 Å². The quantitative estimate of drug-likeness (QED) is 0.542. The Kier molecular flexibility index (Phi) is 12.5. The lowest BCUT2D eigenvalue weighted by molar-refractivity contribution is -0.127. The van der Waals surface area contributed by atoms with E-state index in [0.29, 0.717) is 0 Å². The van der Waals surface area contributed by atoms with E-state index in [9.17, 15) is 4.79 Å². The van der Waals surface area contributed by atoms with Crippen molar-refractivity contribution in [1.29, 1.82) is 0 Å². The molecule has 0 aliphatic carbocycles. The highest BCUT2D eigenvalue weighted by atomic mass is 16.5. The molecule has 0 saturated carbocycles. The van der Waals surface area contributed by atoms with Crippen LogP contribution >= 0.6 is 0 Å². The number of nitrogens with one attached hydrogen (secondary N) is 1. The molecule has 3 heteroatoms. The van der Waals surface area contributed by atoms with Crippen LogP contribution in [0.1, 0.15) is 72.1 Å². The minimum atomic E-state index is 0.0199. The lowest BCUT2D eigenvalue weighted by atomic mass is 10.1. The average Bonchev–Trinajstić information content (AvgIpc) is 2.37. The Labute approximate surface area is 113 Å². The van der Waals surface area contributed by atoms with E-state index in [4.69, 9.17) is 4.74 Å². The molecule has 0 heterocycles. The molecule has 0 aromatic rings.